The molecule has 1 rings (SSSR count). The van der Waals surface area contributed by atoms with Crippen LogP contribution in [0.4, 0.5) is 0 Å². The van der Waals surface area contributed by atoms with Gasteiger partial charge in [-0.25, -0.2) is 9.59 Å². The van der Waals surface area contributed by atoms with Gasteiger partial charge in [0.2, 0.25) is 23.6 Å². The molecule has 0 aliphatic rings. The van der Waals surface area contributed by atoms with Crippen LogP contribution in [0.25, 0.3) is 0 Å². The molecule has 1 aromatic carbocycles. The fourth-order valence-corrected chi connectivity index (χ4v) is 9.03. The first-order chi connectivity index (χ1) is 30.0. The first kappa shape index (κ1) is 64.5. The number of benzene rings is 1. The maximum atomic E-state index is 13.1. The Labute approximate surface area is 440 Å². The average Bonchev–Trinajstić information content (AvgIpc) is 3.23. The van der Waals surface area contributed by atoms with Gasteiger partial charge >= 0.3 is 35.8 Å². The van der Waals surface area contributed by atoms with Crippen LogP contribution in [0.15, 0.2) is 24.3 Å². The van der Waals surface area contributed by atoms with Gasteiger partial charge in [-0.05, 0) is 31.0 Å². The van der Waals surface area contributed by atoms with Crippen LogP contribution >= 0.6 is 43.2 Å². The predicted octanol–water partition coefficient (Wildman–Crippen LogP) is -3.43. The molecule has 32 heteroatoms. The second-order valence-electron chi connectivity index (χ2n) is 12.9. The van der Waals surface area contributed by atoms with Crippen molar-refractivity contribution in [3.8, 4) is 0 Å². The Morgan fingerprint density at radius 2 is 0.803 bits per heavy atom. The van der Waals surface area contributed by atoms with Crippen molar-refractivity contribution in [1.82, 2.24) is 31.9 Å². The van der Waals surface area contributed by atoms with E-state index >= 15 is 0 Å². The zero-order chi connectivity index (χ0) is 48.5. The van der Waals surface area contributed by atoms with E-state index in [1.54, 1.807) is 0 Å². The van der Waals surface area contributed by atoms with Gasteiger partial charge in [0.1, 0.15) is 49.3 Å². The minimum Gasteiger partial charge on any atom is -0.480 e. The van der Waals surface area contributed by atoms with Gasteiger partial charge < -0.3 is 74.0 Å². The van der Waals surface area contributed by atoms with Crippen molar-refractivity contribution in [2.75, 3.05) is 36.1 Å². The van der Waals surface area contributed by atoms with Crippen molar-refractivity contribution >= 4 is 114 Å². The molecule has 0 bridgehead atoms. The van der Waals surface area contributed by atoms with Gasteiger partial charge in [0.05, 0.1) is 0 Å². The number of hydrogen-bond donors (Lipinski definition) is 14. The van der Waals surface area contributed by atoms with E-state index in [1.807, 2.05) is 0 Å². The summed E-state index contributed by atoms with van der Waals surface area (Å²) in [5.74, 6) is -14.8. The molecule has 16 N–H and O–H groups in total. The van der Waals surface area contributed by atoms with Crippen LogP contribution in [0.2, 0.25) is 0 Å². The summed E-state index contributed by atoms with van der Waals surface area (Å²) in [4.78, 5) is 144. The Bertz CT molecular complexity index is 1780. The summed E-state index contributed by atoms with van der Waals surface area (Å²) in [6.07, 6.45) is -1.30. The first-order valence-electron chi connectivity index (χ1n) is 18.2. The van der Waals surface area contributed by atoms with Gasteiger partial charge in [0.15, 0.2) is 0 Å². The summed E-state index contributed by atoms with van der Waals surface area (Å²) < 4.78 is 0. The molecule has 360 valence electrons. The fourth-order valence-electron chi connectivity index (χ4n) is 4.39. The topological polar surface area (TPSA) is 450 Å². The third-order valence-corrected chi connectivity index (χ3v) is 12.7. The van der Waals surface area contributed by atoms with Gasteiger partial charge in [-0.1, -0.05) is 49.2 Å². The van der Waals surface area contributed by atoms with E-state index < -0.39 is 121 Å². The molecule has 26 nitrogen and oxygen atoms in total. The average molecular weight is 1160 g/mol. The molecule has 66 heavy (non-hydrogen) atoms. The number of carbonyl (C=O) groups excluding carboxylic acids is 6. The summed E-state index contributed by atoms with van der Waals surface area (Å²) in [7, 11) is 3.46. The SMILES string of the molecule is NC(CCC(=O)NC(CSSCC(NC(=O)c1cccc(C(=O)NC(CSSCC(NC(=O)CCC(N)C(=O)O)C(=O)NCC(=O)O)C(=O)O)c1)C(=O)O)C(=O)NCC(=O)O)C(=O)O.[Y].[Y]. The number of carboxylic acid groups (broad SMARTS) is 6. The Balaban J connectivity index is 0. The minimum atomic E-state index is -1.55. The summed E-state index contributed by atoms with van der Waals surface area (Å²) in [5, 5.41) is 68.5. The molecule has 0 aliphatic heterocycles. The maximum absolute atomic E-state index is 13.1. The van der Waals surface area contributed by atoms with Crippen LogP contribution in [-0.2, 0) is 113 Å². The molecule has 0 fully saturated rings. The Morgan fingerprint density at radius 1 is 0.485 bits per heavy atom. The first-order valence-corrected chi connectivity index (χ1v) is 23.2. The second-order valence-corrected chi connectivity index (χ2v) is 18.0. The quantitative estimate of drug-likeness (QED) is 0.0247. The zero-order valence-electron chi connectivity index (χ0n) is 34.4. The van der Waals surface area contributed by atoms with E-state index in [-0.39, 0.29) is 125 Å². The van der Waals surface area contributed by atoms with Gasteiger partial charge in [-0.15, -0.1) is 0 Å². The molecule has 0 aliphatic carbocycles. The molecular weight excluding hydrogens is 1110 g/mol. The summed E-state index contributed by atoms with van der Waals surface area (Å²) >= 11 is 0. The summed E-state index contributed by atoms with van der Waals surface area (Å²) in [6, 6.07) is -3.68. The largest absolute Gasteiger partial charge is 0.480 e. The molecule has 6 unspecified atom stereocenters. The van der Waals surface area contributed by atoms with Crippen molar-refractivity contribution < 1.29 is 154 Å². The molecule has 1 aromatic rings. The van der Waals surface area contributed by atoms with Crippen LogP contribution in [0, 0.1) is 0 Å². The van der Waals surface area contributed by atoms with E-state index in [0.29, 0.717) is 0 Å². The Hall–Kier alpha value is -3.61. The molecule has 6 atom stereocenters. The number of nitrogens with two attached hydrogens (primary N) is 2. The third kappa shape index (κ3) is 27.3. The van der Waals surface area contributed by atoms with Crippen LogP contribution in [0.1, 0.15) is 46.4 Å². The fraction of sp³-hybridized carbons (Fsp3) is 0.471. The van der Waals surface area contributed by atoms with E-state index in [1.165, 1.54) is 18.2 Å². The summed E-state index contributed by atoms with van der Waals surface area (Å²) in [6.45, 7) is -1.57. The number of carboxylic acids is 6. The van der Waals surface area contributed by atoms with Crippen molar-refractivity contribution in [2.45, 2.75) is 61.9 Å². The molecule has 0 spiro atoms. The molecule has 0 saturated carbocycles. The number of amides is 6. The summed E-state index contributed by atoms with van der Waals surface area (Å²) in [5.41, 5.74) is 10.4. The molecule has 0 saturated heterocycles. The molecule has 0 heterocycles. The Morgan fingerprint density at radius 3 is 1.09 bits per heavy atom. The van der Waals surface area contributed by atoms with Crippen molar-refractivity contribution in [3.63, 3.8) is 0 Å². The van der Waals surface area contributed by atoms with Crippen LogP contribution in [-0.4, -0.2) is 174 Å². The van der Waals surface area contributed by atoms with Gasteiger partial charge in [0.25, 0.3) is 11.8 Å². The molecule has 2 radical (unpaired) electrons. The van der Waals surface area contributed by atoms with Crippen LogP contribution < -0.4 is 43.4 Å². The van der Waals surface area contributed by atoms with Crippen molar-refractivity contribution in [1.29, 1.82) is 0 Å². The Kier molecular flexibility index (Phi) is 33.8. The number of rotatable bonds is 32. The minimum absolute atomic E-state index is 0. The van der Waals surface area contributed by atoms with Gasteiger partial charge in [-0.3, -0.25) is 47.9 Å². The standard InChI is InChI=1S/C34H46N8O18S4.2Y/c35-17(31(53)54)4-6-23(43)39-19(29(51)37-9-25(45)46)11-61-63-13-21(33(57)58)41-27(49)15-2-1-3-16(8-15)28(50)42-22(34(59)60)14-64-62-12-20(30(52)38-10-26(47)48)40-24(44)7-5-18(36)32(55)56;;/h1-3,8,17-22H,4-7,9-14,35-36H2,(H,37,51)(H,38,52)(H,39,43)(H,40,44)(H,41,49)(H,42,50)(H,45,46)(H,47,48)(H,53,54)(H,55,56)(H,57,58)(H,59,60);;. The van der Waals surface area contributed by atoms with Gasteiger partial charge in [-0.2, -0.15) is 0 Å². The molecule has 0 aromatic heterocycles. The maximum Gasteiger partial charge on any atom is 0.327 e. The van der Waals surface area contributed by atoms with E-state index in [4.69, 9.17) is 31.9 Å². The van der Waals surface area contributed by atoms with Gasteiger partial charge in [0, 0.05) is 112 Å². The third-order valence-electron chi connectivity index (χ3n) is 7.83. The number of nitrogens with one attached hydrogen (secondary N) is 6. The zero-order valence-corrected chi connectivity index (χ0v) is 43.3. The van der Waals surface area contributed by atoms with E-state index in [0.717, 1.165) is 49.2 Å². The molecule has 6 amide bonds. The number of hydrogen-bond acceptors (Lipinski definition) is 18. The number of aliphatic carboxylic acids is 6. The van der Waals surface area contributed by atoms with Crippen molar-refractivity contribution in [2.24, 2.45) is 11.5 Å². The number of carbonyl (C=O) groups is 12. The van der Waals surface area contributed by atoms with Crippen LogP contribution in [0.5, 0.6) is 0 Å². The predicted molar refractivity (Wildman–Crippen MR) is 229 cm³/mol. The monoisotopic (exact) mass is 1160 g/mol. The van der Waals surface area contributed by atoms with Crippen molar-refractivity contribution in [3.05, 3.63) is 35.4 Å². The van der Waals surface area contributed by atoms with Crippen LogP contribution in [0.3, 0.4) is 0 Å². The van der Waals surface area contributed by atoms with E-state index in [2.05, 4.69) is 31.9 Å². The second kappa shape index (κ2) is 34.6. The normalized spacial score (nSPS) is 13.1. The van der Waals surface area contributed by atoms with E-state index in [9.17, 15) is 67.7 Å². The molecular formula is C34H46N8O18S4Y2. The smallest absolute Gasteiger partial charge is 0.327 e.